The Balaban J connectivity index is 2.17. The van der Waals surface area contributed by atoms with Crippen LogP contribution in [0.5, 0.6) is 0 Å². The maximum absolute atomic E-state index is 13.3. The topological polar surface area (TPSA) is 75.2 Å². The third kappa shape index (κ3) is 3.98. The molecule has 0 fully saturated rings. The highest BCUT2D eigenvalue weighted by molar-refractivity contribution is 6.05. The third-order valence-electron chi connectivity index (χ3n) is 4.42. The van der Waals surface area contributed by atoms with E-state index in [0.717, 1.165) is 5.56 Å². The highest BCUT2D eigenvalue weighted by Crippen LogP contribution is 2.30. The van der Waals surface area contributed by atoms with Gasteiger partial charge in [-0.2, -0.15) is 0 Å². The van der Waals surface area contributed by atoms with Gasteiger partial charge < -0.3 is 4.90 Å². The van der Waals surface area contributed by atoms with Gasteiger partial charge in [0.25, 0.3) is 5.91 Å². The summed E-state index contributed by atoms with van der Waals surface area (Å²) >= 11 is 0. The molecule has 144 valence electrons. The number of anilines is 1. The summed E-state index contributed by atoms with van der Waals surface area (Å²) in [5.41, 5.74) is 2.83. The summed E-state index contributed by atoms with van der Waals surface area (Å²) in [5.74, 6) is -0.615. The fourth-order valence-corrected chi connectivity index (χ4v) is 2.71. The maximum atomic E-state index is 13.3. The van der Waals surface area contributed by atoms with Gasteiger partial charge in [-0.05, 0) is 56.3 Å². The van der Waals surface area contributed by atoms with Crippen molar-refractivity contribution in [3.8, 4) is 11.3 Å². The van der Waals surface area contributed by atoms with Gasteiger partial charge in [0.05, 0.1) is 11.0 Å². The molecule has 3 aromatic rings. The summed E-state index contributed by atoms with van der Waals surface area (Å²) in [5, 5.41) is 2.25. The summed E-state index contributed by atoms with van der Waals surface area (Å²) in [6.07, 6.45) is 0. The van der Waals surface area contributed by atoms with Crippen LogP contribution in [0.2, 0.25) is 0 Å². The van der Waals surface area contributed by atoms with E-state index in [1.807, 2.05) is 25.8 Å². The van der Waals surface area contributed by atoms with Gasteiger partial charge in [-0.1, -0.05) is 0 Å². The number of imide groups is 1. The van der Waals surface area contributed by atoms with Gasteiger partial charge >= 0.3 is 0 Å². The fraction of sp³-hybridized carbons (Fsp3) is 0.238. The Morgan fingerprint density at radius 3 is 2.32 bits per heavy atom. The molecule has 0 aliphatic heterocycles. The van der Waals surface area contributed by atoms with Crippen LogP contribution < -0.4 is 10.2 Å². The lowest BCUT2D eigenvalue weighted by Gasteiger charge is -2.25. The first kappa shape index (κ1) is 19.4. The van der Waals surface area contributed by atoms with Gasteiger partial charge in [0.15, 0.2) is 5.82 Å². The number of carbonyl (C=O) groups is 2. The Kier molecular flexibility index (Phi) is 5.35. The number of nitrogens with zero attached hydrogens (tertiary/aromatic N) is 3. The Hall–Kier alpha value is -3.35. The Morgan fingerprint density at radius 1 is 1.04 bits per heavy atom. The molecule has 7 heteroatoms. The number of amides is 2. The van der Waals surface area contributed by atoms with Crippen molar-refractivity contribution in [2.24, 2.45) is 0 Å². The van der Waals surface area contributed by atoms with E-state index in [1.54, 1.807) is 30.3 Å². The first-order valence-corrected chi connectivity index (χ1v) is 8.88. The predicted molar refractivity (Wildman–Crippen MR) is 107 cm³/mol. The van der Waals surface area contributed by atoms with Gasteiger partial charge in [0.2, 0.25) is 5.91 Å². The number of hydrogen-bond donors (Lipinski definition) is 1. The second-order valence-corrected chi connectivity index (χ2v) is 6.82. The van der Waals surface area contributed by atoms with E-state index >= 15 is 0 Å². The smallest absolute Gasteiger partial charge is 0.257 e. The van der Waals surface area contributed by atoms with Crippen LogP contribution >= 0.6 is 0 Å². The van der Waals surface area contributed by atoms with E-state index in [9.17, 15) is 14.0 Å². The molecule has 0 unspecified atom stereocenters. The summed E-state index contributed by atoms with van der Waals surface area (Å²) in [7, 11) is 1.90. The number of nitrogens with one attached hydrogen (secondary N) is 1. The Bertz CT molecular complexity index is 1050. The Labute approximate surface area is 162 Å². The van der Waals surface area contributed by atoms with Crippen LogP contribution in [-0.4, -0.2) is 34.9 Å². The van der Waals surface area contributed by atoms with Crippen LogP contribution in [0.25, 0.3) is 22.3 Å². The van der Waals surface area contributed by atoms with Gasteiger partial charge in [0, 0.05) is 31.1 Å². The van der Waals surface area contributed by atoms with Gasteiger partial charge in [-0.3, -0.25) is 14.9 Å². The lowest BCUT2D eigenvalue weighted by Crippen LogP contribution is -2.28. The molecule has 0 radical (unpaired) electrons. The van der Waals surface area contributed by atoms with E-state index in [2.05, 4.69) is 5.32 Å². The largest absolute Gasteiger partial charge is 0.355 e. The predicted octanol–water partition coefficient (Wildman–Crippen LogP) is 3.56. The zero-order valence-corrected chi connectivity index (χ0v) is 16.2. The van der Waals surface area contributed by atoms with Crippen LogP contribution in [0.4, 0.5) is 10.2 Å². The average molecular weight is 380 g/mol. The van der Waals surface area contributed by atoms with Crippen LogP contribution in [0, 0.1) is 5.82 Å². The maximum Gasteiger partial charge on any atom is 0.257 e. The molecule has 0 bridgehead atoms. The molecule has 0 atom stereocenters. The quantitative estimate of drug-likeness (QED) is 0.749. The minimum Gasteiger partial charge on any atom is -0.355 e. The number of rotatable bonds is 4. The SMILES string of the molecule is CC(=O)NC(=O)c1ccc2nc(-c3ccc(F)cc3)c(N(C)C(C)C)nc2c1. The number of benzene rings is 2. The highest BCUT2D eigenvalue weighted by Gasteiger charge is 2.18. The van der Waals surface area contributed by atoms with Crippen molar-refractivity contribution in [1.82, 2.24) is 15.3 Å². The van der Waals surface area contributed by atoms with E-state index in [1.165, 1.54) is 19.1 Å². The molecule has 0 saturated carbocycles. The van der Waals surface area contributed by atoms with Crippen molar-refractivity contribution in [3.63, 3.8) is 0 Å². The van der Waals surface area contributed by atoms with Crippen LogP contribution in [0.3, 0.4) is 0 Å². The first-order valence-electron chi connectivity index (χ1n) is 8.88. The standard InChI is InChI=1S/C21H21FN4O2/c1-12(2)26(4)20-19(14-5-8-16(22)9-6-14)24-17-10-7-15(11-18(17)25-20)21(28)23-13(3)27/h5-12H,1-4H3,(H,23,27,28). The minimum absolute atomic E-state index is 0.148. The van der Waals surface area contributed by atoms with Crippen LogP contribution in [0.15, 0.2) is 42.5 Å². The van der Waals surface area contributed by atoms with E-state index in [-0.39, 0.29) is 11.9 Å². The molecule has 2 amide bonds. The fourth-order valence-electron chi connectivity index (χ4n) is 2.71. The molecule has 0 saturated heterocycles. The summed E-state index contributed by atoms with van der Waals surface area (Å²) in [4.78, 5) is 34.7. The minimum atomic E-state index is -0.488. The first-order chi connectivity index (χ1) is 13.3. The molecule has 0 aliphatic rings. The zero-order valence-electron chi connectivity index (χ0n) is 16.2. The van der Waals surface area contributed by atoms with Crippen molar-refractivity contribution in [2.45, 2.75) is 26.8 Å². The van der Waals surface area contributed by atoms with Gasteiger partial charge in [-0.15, -0.1) is 0 Å². The zero-order chi connectivity index (χ0) is 20.4. The average Bonchev–Trinajstić information content (AvgIpc) is 2.66. The van der Waals surface area contributed by atoms with Crippen LogP contribution in [-0.2, 0) is 4.79 Å². The normalized spacial score (nSPS) is 10.9. The summed E-state index contributed by atoms with van der Waals surface area (Å²) in [6.45, 7) is 5.33. The molecule has 1 heterocycles. The van der Waals surface area contributed by atoms with Gasteiger partial charge in [0.1, 0.15) is 11.5 Å². The summed E-state index contributed by atoms with van der Waals surface area (Å²) < 4.78 is 13.3. The second-order valence-electron chi connectivity index (χ2n) is 6.82. The third-order valence-corrected chi connectivity index (χ3v) is 4.42. The molecule has 1 aromatic heterocycles. The Morgan fingerprint density at radius 2 is 1.71 bits per heavy atom. The number of aromatic nitrogens is 2. The molecule has 0 spiro atoms. The molecule has 0 aliphatic carbocycles. The lowest BCUT2D eigenvalue weighted by molar-refractivity contribution is -0.118. The molecule has 28 heavy (non-hydrogen) atoms. The van der Waals surface area contributed by atoms with Crippen molar-refractivity contribution in [1.29, 1.82) is 0 Å². The van der Waals surface area contributed by atoms with Crippen molar-refractivity contribution < 1.29 is 14.0 Å². The number of halogens is 1. The summed E-state index contributed by atoms with van der Waals surface area (Å²) in [6, 6.07) is 11.1. The number of fused-ring (bicyclic) bond motifs is 1. The number of carbonyl (C=O) groups excluding carboxylic acids is 2. The van der Waals surface area contributed by atoms with Crippen molar-refractivity contribution >= 4 is 28.7 Å². The van der Waals surface area contributed by atoms with Crippen molar-refractivity contribution in [2.75, 3.05) is 11.9 Å². The molecule has 6 nitrogen and oxygen atoms in total. The van der Waals surface area contributed by atoms with Crippen molar-refractivity contribution in [3.05, 3.63) is 53.8 Å². The molecule has 1 N–H and O–H groups in total. The second kappa shape index (κ2) is 7.72. The monoisotopic (exact) mass is 380 g/mol. The molecule has 2 aromatic carbocycles. The van der Waals surface area contributed by atoms with E-state index in [0.29, 0.717) is 28.1 Å². The lowest BCUT2D eigenvalue weighted by atomic mass is 10.1. The number of hydrogen-bond acceptors (Lipinski definition) is 5. The molecular weight excluding hydrogens is 359 g/mol. The molecular formula is C21H21FN4O2. The van der Waals surface area contributed by atoms with Crippen LogP contribution in [0.1, 0.15) is 31.1 Å². The molecule has 3 rings (SSSR count). The van der Waals surface area contributed by atoms with Gasteiger partial charge in [-0.25, -0.2) is 14.4 Å². The highest BCUT2D eigenvalue weighted by atomic mass is 19.1. The van der Waals surface area contributed by atoms with E-state index < -0.39 is 11.8 Å². The van der Waals surface area contributed by atoms with E-state index in [4.69, 9.17) is 9.97 Å².